The monoisotopic (exact) mass is 302 g/mol. The average Bonchev–Trinajstić information content (AvgIpc) is 2.67. The Morgan fingerprint density at radius 3 is 2.72 bits per heavy atom. The first-order valence-corrected chi connectivity index (χ1v) is 6.42. The molecule has 0 unspecified atom stereocenters. The lowest BCUT2D eigenvalue weighted by Crippen LogP contribution is -2.14. The van der Waals surface area contributed by atoms with E-state index in [0.717, 1.165) is 26.8 Å². The number of aromatic amines is 1. The average molecular weight is 303 g/mol. The van der Waals surface area contributed by atoms with Gasteiger partial charge in [-0.15, -0.1) is 0 Å². The molecular weight excluding hydrogens is 292 g/mol. The van der Waals surface area contributed by atoms with Crippen molar-refractivity contribution < 1.29 is 0 Å². The third kappa shape index (κ3) is 1.69. The molecule has 0 atom stereocenters. The van der Waals surface area contributed by atoms with Crippen molar-refractivity contribution in [2.75, 3.05) is 0 Å². The highest BCUT2D eigenvalue weighted by molar-refractivity contribution is 9.10. The van der Waals surface area contributed by atoms with Crippen LogP contribution in [0.2, 0.25) is 0 Å². The van der Waals surface area contributed by atoms with Crippen LogP contribution in [-0.4, -0.2) is 9.55 Å². The standard InChI is InChI=1S/C14H11BrN2O/c1-9-4-2-7-12-13(9)16-14(18)17(12)11-6-3-5-10(15)8-11/h2-8H,1H3,(H,16,18). The zero-order valence-electron chi connectivity index (χ0n) is 9.77. The molecule has 3 aromatic rings. The van der Waals surface area contributed by atoms with E-state index < -0.39 is 0 Å². The van der Waals surface area contributed by atoms with Crippen molar-refractivity contribution in [3.05, 3.63) is 63.0 Å². The Morgan fingerprint density at radius 2 is 1.94 bits per heavy atom. The Morgan fingerprint density at radius 1 is 1.17 bits per heavy atom. The van der Waals surface area contributed by atoms with Crippen molar-refractivity contribution in [2.24, 2.45) is 0 Å². The van der Waals surface area contributed by atoms with E-state index >= 15 is 0 Å². The smallest absolute Gasteiger partial charge is 0.305 e. The molecule has 0 aliphatic carbocycles. The third-order valence-electron chi connectivity index (χ3n) is 2.99. The van der Waals surface area contributed by atoms with Gasteiger partial charge in [0.05, 0.1) is 16.7 Å². The molecule has 0 spiro atoms. The number of rotatable bonds is 1. The second-order valence-electron chi connectivity index (χ2n) is 4.21. The molecule has 2 aromatic carbocycles. The summed E-state index contributed by atoms with van der Waals surface area (Å²) in [6.07, 6.45) is 0. The highest BCUT2D eigenvalue weighted by Gasteiger charge is 2.09. The van der Waals surface area contributed by atoms with Crippen LogP contribution in [0.25, 0.3) is 16.7 Å². The minimum Gasteiger partial charge on any atom is -0.305 e. The molecule has 0 aliphatic rings. The Balaban J connectivity index is 2.39. The van der Waals surface area contributed by atoms with Gasteiger partial charge in [-0.1, -0.05) is 34.1 Å². The molecule has 3 rings (SSSR count). The highest BCUT2D eigenvalue weighted by atomic mass is 79.9. The maximum absolute atomic E-state index is 12.1. The van der Waals surface area contributed by atoms with Crippen LogP contribution in [-0.2, 0) is 0 Å². The minimum atomic E-state index is -0.114. The van der Waals surface area contributed by atoms with E-state index in [0.29, 0.717) is 0 Å². The summed E-state index contributed by atoms with van der Waals surface area (Å²) in [5.41, 5.74) is 3.60. The molecule has 4 heteroatoms. The Hall–Kier alpha value is -1.81. The number of benzene rings is 2. The maximum atomic E-state index is 12.1. The number of nitrogens with one attached hydrogen (secondary N) is 1. The Bertz CT molecular complexity index is 786. The van der Waals surface area contributed by atoms with Gasteiger partial charge in [-0.2, -0.15) is 0 Å². The summed E-state index contributed by atoms with van der Waals surface area (Å²) in [6.45, 7) is 1.99. The summed E-state index contributed by atoms with van der Waals surface area (Å²) in [6, 6.07) is 13.6. The molecule has 0 radical (unpaired) electrons. The molecule has 1 aromatic heterocycles. The molecule has 3 nitrogen and oxygen atoms in total. The number of halogens is 1. The molecule has 18 heavy (non-hydrogen) atoms. The first-order valence-electron chi connectivity index (χ1n) is 5.63. The summed E-state index contributed by atoms with van der Waals surface area (Å²) >= 11 is 3.43. The summed E-state index contributed by atoms with van der Waals surface area (Å²) in [4.78, 5) is 15.0. The van der Waals surface area contributed by atoms with E-state index in [-0.39, 0.29) is 5.69 Å². The molecule has 1 N–H and O–H groups in total. The number of aryl methyl sites for hydroxylation is 1. The minimum absolute atomic E-state index is 0.114. The predicted molar refractivity (Wildman–Crippen MR) is 76.3 cm³/mol. The number of nitrogens with zero attached hydrogens (tertiary/aromatic N) is 1. The second kappa shape index (κ2) is 4.14. The summed E-state index contributed by atoms with van der Waals surface area (Å²) < 4.78 is 2.64. The lowest BCUT2D eigenvalue weighted by atomic mass is 10.2. The van der Waals surface area contributed by atoms with Crippen molar-refractivity contribution in [3.63, 3.8) is 0 Å². The van der Waals surface area contributed by atoms with E-state index in [4.69, 9.17) is 0 Å². The van der Waals surface area contributed by atoms with Crippen molar-refractivity contribution in [3.8, 4) is 5.69 Å². The van der Waals surface area contributed by atoms with Crippen LogP contribution in [0.15, 0.2) is 51.7 Å². The van der Waals surface area contributed by atoms with Crippen LogP contribution < -0.4 is 5.69 Å². The fourth-order valence-electron chi connectivity index (χ4n) is 2.15. The molecule has 0 fully saturated rings. The molecule has 0 aliphatic heterocycles. The SMILES string of the molecule is Cc1cccc2c1[nH]c(=O)n2-c1cccc(Br)c1. The van der Waals surface area contributed by atoms with Crippen LogP contribution in [0.1, 0.15) is 5.56 Å². The van der Waals surface area contributed by atoms with E-state index in [2.05, 4.69) is 20.9 Å². The van der Waals surface area contributed by atoms with Gasteiger partial charge in [-0.05, 0) is 36.8 Å². The Labute approximate surface area is 112 Å². The number of fused-ring (bicyclic) bond motifs is 1. The lowest BCUT2D eigenvalue weighted by Gasteiger charge is -2.04. The third-order valence-corrected chi connectivity index (χ3v) is 3.49. The first kappa shape index (κ1) is 11.3. The fraction of sp³-hybridized carbons (Fsp3) is 0.0714. The van der Waals surface area contributed by atoms with Crippen molar-refractivity contribution in [1.29, 1.82) is 0 Å². The number of imidazole rings is 1. The molecule has 0 bridgehead atoms. The van der Waals surface area contributed by atoms with Gasteiger partial charge in [0.1, 0.15) is 0 Å². The van der Waals surface area contributed by atoms with Gasteiger partial charge in [0.25, 0.3) is 0 Å². The van der Waals surface area contributed by atoms with Crippen LogP contribution >= 0.6 is 15.9 Å². The van der Waals surface area contributed by atoms with Gasteiger partial charge < -0.3 is 4.98 Å². The van der Waals surface area contributed by atoms with Crippen molar-refractivity contribution in [1.82, 2.24) is 9.55 Å². The number of hydrogen-bond acceptors (Lipinski definition) is 1. The normalized spacial score (nSPS) is 11.0. The summed E-state index contributed by atoms with van der Waals surface area (Å²) in [5, 5.41) is 0. The van der Waals surface area contributed by atoms with Gasteiger partial charge in [-0.3, -0.25) is 4.57 Å². The van der Waals surface area contributed by atoms with Gasteiger partial charge in [-0.25, -0.2) is 4.79 Å². The summed E-state index contributed by atoms with van der Waals surface area (Å²) in [7, 11) is 0. The topological polar surface area (TPSA) is 37.8 Å². The van der Waals surface area contributed by atoms with Gasteiger partial charge in [0.2, 0.25) is 0 Å². The fourth-order valence-corrected chi connectivity index (χ4v) is 2.53. The van der Waals surface area contributed by atoms with Crippen LogP contribution in [0, 0.1) is 6.92 Å². The molecule has 0 amide bonds. The van der Waals surface area contributed by atoms with E-state index in [1.54, 1.807) is 4.57 Å². The van der Waals surface area contributed by atoms with Crippen LogP contribution in [0.3, 0.4) is 0 Å². The Kier molecular flexibility index (Phi) is 2.59. The van der Waals surface area contributed by atoms with Gasteiger partial charge >= 0.3 is 5.69 Å². The molecule has 0 saturated carbocycles. The van der Waals surface area contributed by atoms with Gasteiger partial charge in [0.15, 0.2) is 0 Å². The number of H-pyrrole nitrogens is 1. The maximum Gasteiger partial charge on any atom is 0.331 e. The quantitative estimate of drug-likeness (QED) is 0.735. The zero-order chi connectivity index (χ0) is 12.7. The number of hydrogen-bond donors (Lipinski definition) is 1. The van der Waals surface area contributed by atoms with E-state index in [9.17, 15) is 4.79 Å². The molecular formula is C14H11BrN2O. The zero-order valence-corrected chi connectivity index (χ0v) is 11.4. The molecule has 0 saturated heterocycles. The molecule has 1 heterocycles. The predicted octanol–water partition coefficient (Wildman–Crippen LogP) is 3.39. The van der Waals surface area contributed by atoms with Crippen molar-refractivity contribution >= 4 is 27.0 Å². The first-order chi connectivity index (χ1) is 8.66. The largest absolute Gasteiger partial charge is 0.331 e. The molecule has 90 valence electrons. The van der Waals surface area contributed by atoms with Crippen LogP contribution in [0.5, 0.6) is 0 Å². The second-order valence-corrected chi connectivity index (χ2v) is 5.13. The number of para-hydroxylation sites is 1. The van der Waals surface area contributed by atoms with Crippen molar-refractivity contribution in [2.45, 2.75) is 6.92 Å². The summed E-state index contributed by atoms with van der Waals surface area (Å²) in [5.74, 6) is 0. The van der Waals surface area contributed by atoms with Gasteiger partial charge in [0, 0.05) is 4.47 Å². The van der Waals surface area contributed by atoms with E-state index in [1.165, 1.54) is 0 Å². The van der Waals surface area contributed by atoms with Crippen LogP contribution in [0.4, 0.5) is 0 Å². The highest BCUT2D eigenvalue weighted by Crippen LogP contribution is 2.20. The lowest BCUT2D eigenvalue weighted by molar-refractivity contribution is 1.01. The van der Waals surface area contributed by atoms with E-state index in [1.807, 2.05) is 49.4 Å². The number of aromatic nitrogens is 2.